The van der Waals surface area contributed by atoms with Crippen molar-refractivity contribution in [1.29, 1.82) is 0 Å². The van der Waals surface area contributed by atoms with Crippen molar-refractivity contribution >= 4 is 28.8 Å². The summed E-state index contributed by atoms with van der Waals surface area (Å²) in [6.07, 6.45) is 1.09. The van der Waals surface area contributed by atoms with E-state index in [1.54, 1.807) is 0 Å². The van der Waals surface area contributed by atoms with Crippen LogP contribution in [0.3, 0.4) is 0 Å². The molecule has 14 heavy (non-hydrogen) atoms. The number of methoxy groups -OCH3 is 1. The number of carbonyl (C=O) groups is 2. The highest BCUT2D eigenvalue weighted by Gasteiger charge is 2.31. The third kappa shape index (κ3) is 1.94. The Kier molecular flexibility index (Phi) is 3.26. The zero-order valence-corrected chi connectivity index (χ0v) is 8.50. The Bertz CT molecular complexity index is 337. The van der Waals surface area contributed by atoms with Crippen molar-refractivity contribution in [2.75, 3.05) is 14.2 Å². The summed E-state index contributed by atoms with van der Waals surface area (Å²) in [5, 5.41) is 1.24. The highest BCUT2D eigenvalue weighted by Crippen LogP contribution is 2.28. The van der Waals surface area contributed by atoms with Crippen molar-refractivity contribution in [3.05, 3.63) is 11.0 Å². The number of hydrazine groups is 1. The molecule has 0 aromatic heterocycles. The largest absolute Gasteiger partial charge is 0.466 e. The number of aliphatic imine (C=N–C) groups is 1. The van der Waals surface area contributed by atoms with E-state index in [4.69, 9.17) is 5.84 Å². The fourth-order valence-corrected chi connectivity index (χ4v) is 1.62. The number of thioether (sulfide) groups is 1. The Balaban J connectivity index is 2.91. The normalized spacial score (nSPS) is 22.2. The molecule has 0 spiro atoms. The lowest BCUT2D eigenvalue weighted by atomic mass is 10.4. The van der Waals surface area contributed by atoms with Gasteiger partial charge in [-0.25, -0.2) is 15.6 Å². The first-order chi connectivity index (χ1) is 6.60. The van der Waals surface area contributed by atoms with E-state index in [0.29, 0.717) is 5.17 Å². The summed E-state index contributed by atoms with van der Waals surface area (Å²) < 4.78 is 4.38. The smallest absolute Gasteiger partial charge is 0.331 e. The van der Waals surface area contributed by atoms with Gasteiger partial charge in [-0.05, 0) is 11.8 Å². The second-order valence-corrected chi connectivity index (χ2v) is 3.32. The van der Waals surface area contributed by atoms with Crippen molar-refractivity contribution in [2.24, 2.45) is 10.8 Å². The van der Waals surface area contributed by atoms with Gasteiger partial charge in [0, 0.05) is 13.1 Å². The van der Waals surface area contributed by atoms with Crippen LogP contribution in [0.15, 0.2) is 16.0 Å². The third-order valence-corrected chi connectivity index (χ3v) is 2.55. The second-order valence-electron chi connectivity index (χ2n) is 2.32. The summed E-state index contributed by atoms with van der Waals surface area (Å²) in [7, 11) is 2.75. The number of hydrogen-bond acceptors (Lipinski definition) is 6. The molecule has 0 aromatic rings. The van der Waals surface area contributed by atoms with Crippen molar-refractivity contribution in [3.8, 4) is 0 Å². The maximum atomic E-state index is 11.3. The van der Waals surface area contributed by atoms with Gasteiger partial charge in [0.2, 0.25) is 0 Å². The molecule has 0 aromatic carbocycles. The van der Waals surface area contributed by atoms with E-state index in [9.17, 15) is 9.59 Å². The number of nitrogens with zero attached hydrogens (tertiary/aromatic N) is 2. The lowest BCUT2D eigenvalue weighted by Crippen LogP contribution is -2.35. The Morgan fingerprint density at radius 2 is 2.36 bits per heavy atom. The number of esters is 1. The molecule has 1 fully saturated rings. The number of amidine groups is 1. The standard InChI is InChI=1S/C7H9N3O3S/c1-9-7-10(8)6(12)4(14-7)3-5(11)13-2/h3H,8H2,1-2H3/b4-3-,9-7?. The Morgan fingerprint density at radius 3 is 2.79 bits per heavy atom. The molecule has 0 radical (unpaired) electrons. The van der Waals surface area contributed by atoms with E-state index in [0.717, 1.165) is 22.8 Å². The average Bonchev–Trinajstić information content (AvgIpc) is 2.45. The molecule has 2 N–H and O–H groups in total. The molecule has 7 heteroatoms. The molecule has 0 aliphatic carbocycles. The summed E-state index contributed by atoms with van der Waals surface area (Å²) >= 11 is 1.03. The second kappa shape index (κ2) is 4.25. The molecule has 0 atom stereocenters. The van der Waals surface area contributed by atoms with Crippen molar-refractivity contribution < 1.29 is 14.3 Å². The summed E-state index contributed by atoms with van der Waals surface area (Å²) in [5.41, 5.74) is 0. The molecule has 76 valence electrons. The Hall–Kier alpha value is -1.34. The van der Waals surface area contributed by atoms with Gasteiger partial charge in [0.25, 0.3) is 5.91 Å². The number of carbonyl (C=O) groups excluding carboxylic acids is 2. The quantitative estimate of drug-likeness (QED) is 0.275. The van der Waals surface area contributed by atoms with Crippen LogP contribution in [0.5, 0.6) is 0 Å². The molecule has 1 amide bonds. The van der Waals surface area contributed by atoms with Gasteiger partial charge in [0.1, 0.15) is 0 Å². The molecule has 0 bridgehead atoms. The minimum Gasteiger partial charge on any atom is -0.466 e. The van der Waals surface area contributed by atoms with Crippen LogP contribution < -0.4 is 5.84 Å². The summed E-state index contributed by atoms with van der Waals surface area (Å²) in [5.74, 6) is 4.33. The maximum Gasteiger partial charge on any atom is 0.331 e. The first-order valence-corrected chi connectivity index (χ1v) is 4.45. The number of ether oxygens (including phenoxy) is 1. The van der Waals surface area contributed by atoms with Gasteiger partial charge in [-0.3, -0.25) is 9.79 Å². The van der Waals surface area contributed by atoms with E-state index in [1.807, 2.05) is 0 Å². The van der Waals surface area contributed by atoms with Gasteiger partial charge < -0.3 is 4.74 Å². The lowest BCUT2D eigenvalue weighted by molar-refractivity contribution is -0.135. The summed E-state index contributed by atoms with van der Waals surface area (Å²) in [4.78, 5) is 26.2. The number of rotatable bonds is 1. The van der Waals surface area contributed by atoms with Gasteiger partial charge in [0.15, 0.2) is 5.17 Å². The van der Waals surface area contributed by atoms with Gasteiger partial charge in [-0.15, -0.1) is 0 Å². The first-order valence-electron chi connectivity index (χ1n) is 3.63. The van der Waals surface area contributed by atoms with Crippen LogP contribution >= 0.6 is 11.8 Å². The molecule has 1 aliphatic rings. The molecule has 1 saturated heterocycles. The van der Waals surface area contributed by atoms with E-state index >= 15 is 0 Å². The number of hydrogen-bond donors (Lipinski definition) is 1. The van der Waals surface area contributed by atoms with E-state index < -0.39 is 11.9 Å². The van der Waals surface area contributed by atoms with Crippen LogP contribution in [0.25, 0.3) is 0 Å². The third-order valence-electron chi connectivity index (χ3n) is 1.48. The average molecular weight is 215 g/mol. The number of amides is 1. The Labute approximate surface area is 84.8 Å². The molecule has 1 rings (SSSR count). The van der Waals surface area contributed by atoms with Gasteiger partial charge in [-0.1, -0.05) is 0 Å². The van der Waals surface area contributed by atoms with Gasteiger partial charge >= 0.3 is 5.97 Å². The monoisotopic (exact) mass is 215 g/mol. The van der Waals surface area contributed by atoms with Crippen LogP contribution in [0, 0.1) is 0 Å². The highest BCUT2D eigenvalue weighted by atomic mass is 32.2. The molecule has 0 saturated carbocycles. The van der Waals surface area contributed by atoms with Crippen LogP contribution in [0.2, 0.25) is 0 Å². The van der Waals surface area contributed by atoms with Crippen LogP contribution in [0.1, 0.15) is 0 Å². The van der Waals surface area contributed by atoms with E-state index in [2.05, 4.69) is 9.73 Å². The van der Waals surface area contributed by atoms with E-state index in [-0.39, 0.29) is 4.91 Å². The zero-order valence-electron chi connectivity index (χ0n) is 7.68. The molecule has 1 aliphatic heterocycles. The first kappa shape index (κ1) is 10.7. The molecule has 0 unspecified atom stereocenters. The molecular formula is C7H9N3O3S. The van der Waals surface area contributed by atoms with Crippen molar-refractivity contribution in [1.82, 2.24) is 5.01 Å². The fraction of sp³-hybridized carbons (Fsp3) is 0.286. The minimum absolute atomic E-state index is 0.208. The minimum atomic E-state index is -0.591. The topological polar surface area (TPSA) is 85.0 Å². The van der Waals surface area contributed by atoms with Crippen LogP contribution in [-0.2, 0) is 14.3 Å². The lowest BCUT2D eigenvalue weighted by Gasteiger charge is -2.04. The van der Waals surface area contributed by atoms with E-state index in [1.165, 1.54) is 14.2 Å². The summed E-state index contributed by atoms with van der Waals surface area (Å²) in [6, 6.07) is 0. The predicted molar refractivity (Wildman–Crippen MR) is 52.1 cm³/mol. The zero-order chi connectivity index (χ0) is 10.7. The summed E-state index contributed by atoms with van der Waals surface area (Å²) in [6.45, 7) is 0. The van der Waals surface area contributed by atoms with Crippen LogP contribution in [-0.4, -0.2) is 36.2 Å². The van der Waals surface area contributed by atoms with Crippen LogP contribution in [0.4, 0.5) is 0 Å². The maximum absolute atomic E-state index is 11.3. The SMILES string of the molecule is CN=C1S/C(=C\C(=O)OC)C(=O)N1N. The van der Waals surface area contributed by atoms with Crippen molar-refractivity contribution in [2.45, 2.75) is 0 Å². The molecule has 1 heterocycles. The van der Waals surface area contributed by atoms with Crippen molar-refractivity contribution in [3.63, 3.8) is 0 Å². The Morgan fingerprint density at radius 1 is 1.71 bits per heavy atom. The fourth-order valence-electron chi connectivity index (χ4n) is 0.807. The molecular weight excluding hydrogens is 206 g/mol. The predicted octanol–water partition coefficient (Wildman–Crippen LogP) is -0.522. The highest BCUT2D eigenvalue weighted by molar-refractivity contribution is 8.18. The molecule has 6 nitrogen and oxygen atoms in total. The van der Waals surface area contributed by atoms with Gasteiger partial charge in [-0.2, -0.15) is 0 Å². The van der Waals surface area contributed by atoms with Gasteiger partial charge in [0.05, 0.1) is 12.0 Å². The number of nitrogens with two attached hydrogens (primary N) is 1.